The Balaban J connectivity index is 2.07. The van der Waals surface area contributed by atoms with E-state index in [1.165, 1.54) is 0 Å². The molecule has 2 fully saturated rings. The Morgan fingerprint density at radius 2 is 2.06 bits per heavy atom. The lowest BCUT2D eigenvalue weighted by molar-refractivity contribution is 0.0277. The summed E-state index contributed by atoms with van der Waals surface area (Å²) in [4.78, 5) is 13.8. The number of carbonyl (C=O) groups excluding carboxylic acids is 1. The molecule has 0 bridgehead atoms. The van der Waals surface area contributed by atoms with E-state index < -0.39 is 5.60 Å². The average molecular weight is 250 g/mol. The van der Waals surface area contributed by atoms with E-state index in [1.54, 1.807) is 4.90 Å². The highest BCUT2D eigenvalue weighted by molar-refractivity contribution is 5.69. The molecule has 18 heavy (non-hydrogen) atoms. The molecular formula is C14H22N2O2. The van der Waals surface area contributed by atoms with Gasteiger partial charge in [0, 0.05) is 13.1 Å². The second-order valence-corrected chi connectivity index (χ2v) is 6.69. The van der Waals surface area contributed by atoms with E-state index >= 15 is 0 Å². The summed E-state index contributed by atoms with van der Waals surface area (Å²) in [5, 5.41) is 9.50. The highest BCUT2D eigenvalue weighted by Gasteiger charge is 2.55. The maximum absolute atomic E-state index is 12.0. The molecule has 2 rings (SSSR count). The van der Waals surface area contributed by atoms with E-state index in [9.17, 15) is 10.1 Å². The molecule has 0 radical (unpaired) electrons. The van der Waals surface area contributed by atoms with Crippen LogP contribution < -0.4 is 0 Å². The first kappa shape index (κ1) is 13.2. The number of carbonyl (C=O) groups is 1. The summed E-state index contributed by atoms with van der Waals surface area (Å²) in [5.74, 6) is 0.715. The van der Waals surface area contributed by atoms with Gasteiger partial charge < -0.3 is 9.64 Å². The number of likely N-dealkylation sites (tertiary alicyclic amines) is 1. The molecule has 2 atom stereocenters. The molecule has 2 aliphatic rings. The Bertz CT molecular complexity index is 390. The van der Waals surface area contributed by atoms with E-state index in [0.717, 1.165) is 12.8 Å². The third-order valence-corrected chi connectivity index (χ3v) is 3.99. The van der Waals surface area contributed by atoms with Gasteiger partial charge in [-0.1, -0.05) is 6.92 Å². The van der Waals surface area contributed by atoms with Crippen molar-refractivity contribution in [3.8, 4) is 6.07 Å². The predicted molar refractivity (Wildman–Crippen MR) is 67.7 cm³/mol. The van der Waals surface area contributed by atoms with Gasteiger partial charge in [0.25, 0.3) is 0 Å². The maximum Gasteiger partial charge on any atom is 0.410 e. The quantitative estimate of drug-likeness (QED) is 0.719. The van der Waals surface area contributed by atoms with Crippen LogP contribution in [0.4, 0.5) is 4.79 Å². The van der Waals surface area contributed by atoms with Crippen LogP contribution in [0, 0.1) is 28.6 Å². The first-order valence-corrected chi connectivity index (χ1v) is 6.68. The summed E-state index contributed by atoms with van der Waals surface area (Å²) in [7, 11) is 0. The minimum Gasteiger partial charge on any atom is -0.444 e. The third-order valence-electron chi connectivity index (χ3n) is 3.99. The van der Waals surface area contributed by atoms with Gasteiger partial charge in [-0.05, 0) is 45.4 Å². The Hall–Kier alpha value is -1.24. The number of ether oxygens (including phenoxy) is 1. The summed E-state index contributed by atoms with van der Waals surface area (Å²) in [6.45, 7) is 8.84. The van der Waals surface area contributed by atoms with Gasteiger partial charge in [0.1, 0.15) is 5.60 Å². The summed E-state index contributed by atoms with van der Waals surface area (Å²) in [5.41, 5.74) is -0.811. The van der Waals surface area contributed by atoms with E-state index in [1.807, 2.05) is 20.8 Å². The van der Waals surface area contributed by atoms with Crippen molar-refractivity contribution in [3.63, 3.8) is 0 Å². The minimum absolute atomic E-state index is 0.238. The van der Waals surface area contributed by atoms with Gasteiger partial charge in [0.15, 0.2) is 0 Å². The van der Waals surface area contributed by atoms with Gasteiger partial charge in [-0.25, -0.2) is 4.79 Å². The lowest BCUT2D eigenvalue weighted by Gasteiger charge is -2.26. The third kappa shape index (κ3) is 2.31. The van der Waals surface area contributed by atoms with Crippen molar-refractivity contribution < 1.29 is 9.53 Å². The number of nitriles is 1. The van der Waals surface area contributed by atoms with E-state index in [4.69, 9.17) is 4.74 Å². The van der Waals surface area contributed by atoms with Crippen LogP contribution in [0.1, 0.15) is 40.5 Å². The minimum atomic E-state index is -0.474. The Morgan fingerprint density at radius 1 is 1.44 bits per heavy atom. The molecule has 0 aromatic heterocycles. The molecular weight excluding hydrogens is 228 g/mol. The van der Waals surface area contributed by atoms with Gasteiger partial charge in [0.2, 0.25) is 0 Å². The van der Waals surface area contributed by atoms with Crippen molar-refractivity contribution in [2.24, 2.45) is 17.3 Å². The van der Waals surface area contributed by atoms with Crippen LogP contribution in [0.3, 0.4) is 0 Å². The molecule has 1 amide bonds. The number of amides is 1. The molecule has 1 saturated heterocycles. The molecule has 4 nitrogen and oxygen atoms in total. The van der Waals surface area contributed by atoms with Gasteiger partial charge in [0.05, 0.1) is 11.5 Å². The fourth-order valence-corrected chi connectivity index (χ4v) is 2.86. The van der Waals surface area contributed by atoms with E-state index in [-0.39, 0.29) is 17.4 Å². The Kier molecular flexibility index (Phi) is 3.04. The molecule has 100 valence electrons. The highest BCUT2D eigenvalue weighted by atomic mass is 16.6. The molecule has 1 aliphatic heterocycles. The molecule has 0 N–H and O–H groups in total. The average Bonchev–Trinajstić information content (AvgIpc) is 3.01. The smallest absolute Gasteiger partial charge is 0.410 e. The Labute approximate surface area is 109 Å². The van der Waals surface area contributed by atoms with Crippen molar-refractivity contribution in [1.29, 1.82) is 5.26 Å². The molecule has 2 unspecified atom stereocenters. The van der Waals surface area contributed by atoms with Gasteiger partial charge in [-0.3, -0.25) is 0 Å². The highest BCUT2D eigenvalue weighted by Crippen LogP contribution is 2.53. The number of hydrogen-bond donors (Lipinski definition) is 0. The second-order valence-electron chi connectivity index (χ2n) is 6.69. The van der Waals surface area contributed by atoms with Crippen LogP contribution in [0.25, 0.3) is 0 Å². The van der Waals surface area contributed by atoms with Crippen molar-refractivity contribution in [3.05, 3.63) is 0 Å². The summed E-state index contributed by atoms with van der Waals surface area (Å²) in [6.07, 6.45) is 1.97. The number of nitrogens with zero attached hydrogens (tertiary/aromatic N) is 2. The zero-order chi connectivity index (χ0) is 13.6. The van der Waals surface area contributed by atoms with Crippen molar-refractivity contribution >= 4 is 6.09 Å². The fourth-order valence-electron chi connectivity index (χ4n) is 2.86. The van der Waals surface area contributed by atoms with Crippen molar-refractivity contribution in [1.82, 2.24) is 4.90 Å². The summed E-state index contributed by atoms with van der Waals surface area (Å²) >= 11 is 0. The van der Waals surface area contributed by atoms with Crippen LogP contribution in [-0.2, 0) is 4.74 Å². The summed E-state index contributed by atoms with van der Waals surface area (Å²) in [6, 6.07) is 2.49. The summed E-state index contributed by atoms with van der Waals surface area (Å²) < 4.78 is 5.39. The van der Waals surface area contributed by atoms with Crippen LogP contribution in [0.2, 0.25) is 0 Å². The maximum atomic E-state index is 12.0. The fraction of sp³-hybridized carbons (Fsp3) is 0.857. The SMILES string of the molecule is CC1CN(C(=O)OC(C)(C)C)CC1(C#N)C1CC1. The first-order valence-electron chi connectivity index (χ1n) is 6.68. The van der Waals surface area contributed by atoms with Crippen LogP contribution in [-0.4, -0.2) is 29.7 Å². The zero-order valence-electron chi connectivity index (χ0n) is 11.7. The van der Waals surface area contributed by atoms with Gasteiger partial charge in [-0.15, -0.1) is 0 Å². The largest absolute Gasteiger partial charge is 0.444 e. The molecule has 1 aliphatic carbocycles. The topological polar surface area (TPSA) is 53.3 Å². The number of rotatable bonds is 1. The molecule has 4 heteroatoms. The lowest BCUT2D eigenvalue weighted by Crippen LogP contribution is -2.37. The van der Waals surface area contributed by atoms with Crippen molar-refractivity contribution in [2.75, 3.05) is 13.1 Å². The predicted octanol–water partition coefficient (Wildman–Crippen LogP) is 2.79. The molecule has 0 aromatic rings. The van der Waals surface area contributed by atoms with Crippen LogP contribution in [0.15, 0.2) is 0 Å². The zero-order valence-corrected chi connectivity index (χ0v) is 11.7. The molecule has 0 spiro atoms. The molecule has 1 heterocycles. The van der Waals surface area contributed by atoms with Crippen molar-refractivity contribution in [2.45, 2.75) is 46.1 Å². The lowest BCUT2D eigenvalue weighted by atomic mass is 9.76. The Morgan fingerprint density at radius 3 is 2.50 bits per heavy atom. The monoisotopic (exact) mass is 250 g/mol. The molecule has 0 aromatic carbocycles. The second kappa shape index (κ2) is 4.15. The van der Waals surface area contributed by atoms with E-state index in [2.05, 4.69) is 13.0 Å². The van der Waals surface area contributed by atoms with Crippen LogP contribution in [0.5, 0.6) is 0 Å². The van der Waals surface area contributed by atoms with Gasteiger partial charge in [-0.2, -0.15) is 5.26 Å². The first-order chi connectivity index (χ1) is 8.28. The van der Waals surface area contributed by atoms with Gasteiger partial charge >= 0.3 is 6.09 Å². The van der Waals surface area contributed by atoms with E-state index in [0.29, 0.717) is 19.0 Å². The normalized spacial score (nSPS) is 32.2. The van der Waals surface area contributed by atoms with Crippen LogP contribution >= 0.6 is 0 Å². The standard InChI is InChI=1S/C14H22N2O2/c1-10-7-16(12(17)18-13(2,3)4)9-14(10,8-15)11-5-6-11/h10-11H,5-7,9H2,1-4H3. The number of hydrogen-bond acceptors (Lipinski definition) is 3. The molecule has 1 saturated carbocycles.